The molecule has 0 aliphatic heterocycles. The number of hydrogen-bond donors (Lipinski definition) is 0. The molecule has 3 aromatic rings. The van der Waals surface area contributed by atoms with Crippen LogP contribution in [0.5, 0.6) is 5.75 Å². The van der Waals surface area contributed by atoms with Crippen molar-refractivity contribution < 1.29 is 4.74 Å². The Labute approximate surface area is 147 Å². The molecule has 0 saturated carbocycles. The molecule has 0 aliphatic rings. The fraction of sp³-hybridized carbons (Fsp3) is 0.150. The second kappa shape index (κ2) is 7.41. The highest BCUT2D eigenvalue weighted by Crippen LogP contribution is 2.27. The minimum absolute atomic E-state index is 0.860. The van der Waals surface area contributed by atoms with E-state index in [2.05, 4.69) is 53.2 Å². The van der Waals surface area contributed by atoms with Crippen molar-refractivity contribution in [3.8, 4) is 11.4 Å². The van der Waals surface area contributed by atoms with E-state index in [1.807, 2.05) is 36.5 Å². The summed E-state index contributed by atoms with van der Waals surface area (Å²) in [6.45, 7) is 2.09. The van der Waals surface area contributed by atoms with Gasteiger partial charge in [0.25, 0.3) is 0 Å². The molecular weight excluding hydrogens is 316 g/mol. The third kappa shape index (κ3) is 3.54. The van der Waals surface area contributed by atoms with Gasteiger partial charge < -0.3 is 9.30 Å². The number of methoxy groups -OCH3 is 1. The fourth-order valence-corrected chi connectivity index (χ4v) is 3.12. The lowest BCUT2D eigenvalue weighted by Gasteiger charge is -2.06. The predicted octanol–water partition coefficient (Wildman–Crippen LogP) is 5.27. The molecule has 0 N–H and O–H groups in total. The number of aliphatic imine (C=N–C) groups is 1. The maximum atomic E-state index is 5.22. The Kier molecular flexibility index (Phi) is 5.06. The molecule has 2 aromatic carbocycles. The van der Waals surface area contributed by atoms with Crippen LogP contribution < -0.4 is 4.74 Å². The molecule has 0 aliphatic carbocycles. The van der Waals surface area contributed by atoms with Gasteiger partial charge in [0.1, 0.15) is 5.75 Å². The summed E-state index contributed by atoms with van der Waals surface area (Å²) >= 11 is 1.71. The van der Waals surface area contributed by atoms with Gasteiger partial charge in [0.05, 0.1) is 12.8 Å². The zero-order valence-corrected chi connectivity index (χ0v) is 14.9. The highest BCUT2D eigenvalue weighted by Gasteiger charge is 2.04. The molecule has 24 heavy (non-hydrogen) atoms. The van der Waals surface area contributed by atoms with Crippen molar-refractivity contribution in [2.75, 3.05) is 13.4 Å². The first-order valence-corrected chi connectivity index (χ1v) is 8.94. The van der Waals surface area contributed by atoms with Gasteiger partial charge in [0, 0.05) is 34.3 Å². The maximum absolute atomic E-state index is 5.22. The van der Waals surface area contributed by atoms with Crippen molar-refractivity contribution in [2.45, 2.75) is 11.8 Å². The van der Waals surface area contributed by atoms with Gasteiger partial charge in [-0.2, -0.15) is 0 Å². The number of aryl methyl sites for hydroxylation is 1. The molecule has 1 aromatic heterocycles. The minimum Gasteiger partial charge on any atom is -0.497 e. The van der Waals surface area contributed by atoms with E-state index in [0.29, 0.717) is 0 Å². The molecule has 0 amide bonds. The van der Waals surface area contributed by atoms with Crippen molar-refractivity contribution in [3.05, 3.63) is 72.1 Å². The molecule has 122 valence electrons. The third-order valence-electron chi connectivity index (χ3n) is 3.82. The highest BCUT2D eigenvalue weighted by atomic mass is 32.2. The van der Waals surface area contributed by atoms with Crippen molar-refractivity contribution in [1.29, 1.82) is 0 Å². The Bertz CT molecular complexity index is 850. The van der Waals surface area contributed by atoms with Gasteiger partial charge in [-0.3, -0.25) is 4.99 Å². The summed E-state index contributed by atoms with van der Waals surface area (Å²) in [5.74, 6) is 0.860. The molecule has 0 unspecified atom stereocenters. The fourth-order valence-electron chi connectivity index (χ4n) is 2.57. The molecule has 3 nitrogen and oxygen atoms in total. The standard InChI is InChI=1S/C20H20N2OS/c1-15-12-16(13-21-19-6-4-5-7-20(19)24-3)14-22(15)17-8-10-18(23-2)11-9-17/h4-14H,1-3H3. The van der Waals surface area contributed by atoms with Crippen molar-refractivity contribution in [3.63, 3.8) is 0 Å². The van der Waals surface area contributed by atoms with E-state index in [0.717, 1.165) is 22.7 Å². The molecule has 0 bridgehead atoms. The molecule has 0 atom stereocenters. The number of para-hydroxylation sites is 1. The van der Waals surface area contributed by atoms with E-state index >= 15 is 0 Å². The van der Waals surface area contributed by atoms with E-state index in [1.165, 1.54) is 10.6 Å². The van der Waals surface area contributed by atoms with Crippen LogP contribution in [0.3, 0.4) is 0 Å². The van der Waals surface area contributed by atoms with Gasteiger partial charge >= 0.3 is 0 Å². The van der Waals surface area contributed by atoms with Gasteiger partial charge in [0.2, 0.25) is 0 Å². The number of aromatic nitrogens is 1. The molecule has 3 rings (SSSR count). The maximum Gasteiger partial charge on any atom is 0.119 e. The summed E-state index contributed by atoms with van der Waals surface area (Å²) < 4.78 is 7.37. The Morgan fingerprint density at radius 3 is 2.54 bits per heavy atom. The molecular formula is C20H20N2OS. The Balaban J connectivity index is 1.87. The summed E-state index contributed by atoms with van der Waals surface area (Å²) in [5, 5.41) is 0. The van der Waals surface area contributed by atoms with Crippen LogP contribution in [0, 0.1) is 6.92 Å². The van der Waals surface area contributed by atoms with Crippen LogP contribution >= 0.6 is 11.8 Å². The van der Waals surface area contributed by atoms with Crippen molar-refractivity contribution >= 4 is 23.7 Å². The van der Waals surface area contributed by atoms with E-state index in [-0.39, 0.29) is 0 Å². The summed E-state index contributed by atoms with van der Waals surface area (Å²) in [4.78, 5) is 5.82. The zero-order chi connectivity index (χ0) is 16.9. The van der Waals surface area contributed by atoms with Gasteiger partial charge in [-0.1, -0.05) is 12.1 Å². The quantitative estimate of drug-likeness (QED) is 0.469. The predicted molar refractivity (Wildman–Crippen MR) is 103 cm³/mol. The van der Waals surface area contributed by atoms with E-state index in [4.69, 9.17) is 4.74 Å². The molecule has 0 saturated heterocycles. The van der Waals surface area contributed by atoms with Crippen LogP contribution in [-0.2, 0) is 0 Å². The minimum atomic E-state index is 0.860. The largest absolute Gasteiger partial charge is 0.497 e. The lowest BCUT2D eigenvalue weighted by atomic mass is 10.3. The average Bonchev–Trinajstić information content (AvgIpc) is 3.01. The van der Waals surface area contributed by atoms with Crippen molar-refractivity contribution in [1.82, 2.24) is 4.57 Å². The molecule has 1 heterocycles. The van der Waals surface area contributed by atoms with Crippen LogP contribution in [0.1, 0.15) is 11.3 Å². The first kappa shape index (κ1) is 16.4. The van der Waals surface area contributed by atoms with Gasteiger partial charge in [-0.25, -0.2) is 0 Å². The Morgan fingerprint density at radius 2 is 1.83 bits per heavy atom. The van der Waals surface area contributed by atoms with E-state index < -0.39 is 0 Å². The normalized spacial score (nSPS) is 11.1. The van der Waals surface area contributed by atoms with Gasteiger partial charge in [-0.15, -0.1) is 11.8 Å². The number of benzene rings is 2. The number of nitrogens with zero attached hydrogens (tertiary/aromatic N) is 2. The Morgan fingerprint density at radius 1 is 1.08 bits per heavy atom. The summed E-state index contributed by atoms with van der Waals surface area (Å²) in [6, 6.07) is 18.4. The second-order valence-electron chi connectivity index (χ2n) is 5.41. The van der Waals surface area contributed by atoms with E-state index in [9.17, 15) is 0 Å². The van der Waals surface area contributed by atoms with Crippen LogP contribution in [0.4, 0.5) is 5.69 Å². The first-order valence-electron chi connectivity index (χ1n) is 7.72. The number of hydrogen-bond acceptors (Lipinski definition) is 3. The highest BCUT2D eigenvalue weighted by molar-refractivity contribution is 7.98. The van der Waals surface area contributed by atoms with Crippen LogP contribution in [0.15, 0.2) is 70.7 Å². The topological polar surface area (TPSA) is 26.5 Å². The average molecular weight is 336 g/mol. The number of rotatable bonds is 5. The third-order valence-corrected chi connectivity index (χ3v) is 4.61. The van der Waals surface area contributed by atoms with Gasteiger partial charge in [0.15, 0.2) is 0 Å². The lowest BCUT2D eigenvalue weighted by Crippen LogP contribution is -1.94. The second-order valence-corrected chi connectivity index (χ2v) is 6.26. The van der Waals surface area contributed by atoms with Crippen molar-refractivity contribution in [2.24, 2.45) is 4.99 Å². The Hall–Kier alpha value is -2.46. The lowest BCUT2D eigenvalue weighted by molar-refractivity contribution is 0.414. The summed E-state index contributed by atoms with van der Waals surface area (Å²) in [7, 11) is 1.68. The van der Waals surface area contributed by atoms with E-state index in [1.54, 1.807) is 18.9 Å². The molecule has 4 heteroatoms. The molecule has 0 fully saturated rings. The first-order chi connectivity index (χ1) is 11.7. The summed E-state index contributed by atoms with van der Waals surface area (Å²) in [6.07, 6.45) is 6.09. The molecule has 0 radical (unpaired) electrons. The summed E-state index contributed by atoms with van der Waals surface area (Å²) in [5.41, 5.74) is 4.36. The zero-order valence-electron chi connectivity index (χ0n) is 14.1. The number of ether oxygens (including phenoxy) is 1. The SMILES string of the molecule is COc1ccc(-n2cc(C=Nc3ccccc3SC)cc2C)cc1. The smallest absolute Gasteiger partial charge is 0.119 e. The van der Waals surface area contributed by atoms with Crippen LogP contribution in [-0.4, -0.2) is 24.1 Å². The number of thioether (sulfide) groups is 1. The van der Waals surface area contributed by atoms with Crippen LogP contribution in [0.25, 0.3) is 5.69 Å². The van der Waals surface area contributed by atoms with Crippen LogP contribution in [0.2, 0.25) is 0 Å². The molecule has 0 spiro atoms. The monoisotopic (exact) mass is 336 g/mol. The van der Waals surface area contributed by atoms with Gasteiger partial charge in [-0.05, 0) is 55.6 Å².